The Morgan fingerprint density at radius 3 is 2.48 bits per heavy atom. The maximum Gasteiger partial charge on any atom is 0.387 e. The van der Waals surface area contributed by atoms with E-state index in [1.54, 1.807) is 20.8 Å². The second-order valence-corrected chi connectivity index (χ2v) is 12.2. The van der Waals surface area contributed by atoms with Gasteiger partial charge in [-0.15, -0.1) is 0 Å². The second-order valence-electron chi connectivity index (χ2n) is 11.4. The van der Waals surface area contributed by atoms with Crippen LogP contribution in [0.25, 0.3) is 0 Å². The molecule has 12 heteroatoms. The van der Waals surface area contributed by atoms with E-state index in [0.29, 0.717) is 24.5 Å². The SMILES string of the molecule is CC12CCC(C(=O)OC(Cc3c(Cl)c[nH]c(=O)c3Cl)c3ccc(OC(F)F)c(OCC4CC4)c3)(OC1=O)C2(C)C. The number of pyridine rings is 1. The first-order valence-electron chi connectivity index (χ1n) is 13.0. The van der Waals surface area contributed by atoms with Gasteiger partial charge in [-0.25, -0.2) is 4.79 Å². The number of carbonyl (C=O) groups is 2. The molecule has 1 aromatic carbocycles. The fraction of sp³-hybridized carbons (Fsp3) is 0.536. The normalized spacial score (nSPS) is 25.6. The van der Waals surface area contributed by atoms with E-state index >= 15 is 0 Å². The van der Waals surface area contributed by atoms with Crippen molar-refractivity contribution in [3.05, 3.63) is 55.9 Å². The molecule has 1 saturated heterocycles. The highest BCUT2D eigenvalue weighted by molar-refractivity contribution is 6.35. The topological polar surface area (TPSA) is 104 Å². The van der Waals surface area contributed by atoms with Crippen LogP contribution in [-0.2, 0) is 25.5 Å². The van der Waals surface area contributed by atoms with Gasteiger partial charge in [-0.3, -0.25) is 9.59 Å². The average molecular weight is 600 g/mol. The summed E-state index contributed by atoms with van der Waals surface area (Å²) in [5, 5.41) is -0.0524. The van der Waals surface area contributed by atoms with Gasteiger partial charge in [0.15, 0.2) is 11.5 Å². The third-order valence-corrected chi connectivity index (χ3v) is 9.60. The number of halogens is 4. The van der Waals surface area contributed by atoms with Gasteiger partial charge in [0, 0.05) is 23.6 Å². The van der Waals surface area contributed by atoms with Gasteiger partial charge in [0.2, 0.25) is 5.60 Å². The van der Waals surface area contributed by atoms with Crippen LogP contribution in [0.4, 0.5) is 8.78 Å². The van der Waals surface area contributed by atoms with Gasteiger partial charge in [-0.05, 0) is 56.2 Å². The molecule has 5 rings (SSSR count). The Bertz CT molecular complexity index is 1410. The summed E-state index contributed by atoms with van der Waals surface area (Å²) in [6.45, 7) is 2.60. The van der Waals surface area contributed by atoms with E-state index < -0.39 is 46.6 Å². The molecule has 1 aliphatic heterocycles. The van der Waals surface area contributed by atoms with Crippen molar-refractivity contribution in [3.63, 3.8) is 0 Å². The molecular formula is C28H29Cl2F2NO7. The monoisotopic (exact) mass is 599 g/mol. The number of aromatic nitrogens is 1. The quantitative estimate of drug-likeness (QED) is 0.333. The van der Waals surface area contributed by atoms with Gasteiger partial charge in [0.1, 0.15) is 11.1 Å². The number of esters is 2. The van der Waals surface area contributed by atoms with Crippen molar-refractivity contribution >= 4 is 35.1 Å². The van der Waals surface area contributed by atoms with Crippen molar-refractivity contribution in [2.45, 2.75) is 71.2 Å². The molecule has 2 aromatic rings. The molecule has 2 saturated carbocycles. The minimum absolute atomic E-state index is 0.0491. The number of H-pyrrole nitrogens is 1. The number of fused-ring (bicyclic) bond motifs is 2. The average Bonchev–Trinajstić information content (AvgIpc) is 3.68. The van der Waals surface area contributed by atoms with E-state index in [2.05, 4.69) is 9.72 Å². The van der Waals surface area contributed by atoms with Crippen molar-refractivity contribution in [1.82, 2.24) is 4.98 Å². The highest BCUT2D eigenvalue weighted by Gasteiger charge is 2.76. The molecule has 40 heavy (non-hydrogen) atoms. The highest BCUT2D eigenvalue weighted by Crippen LogP contribution is 2.66. The number of ether oxygens (including phenoxy) is 4. The van der Waals surface area contributed by atoms with Gasteiger partial charge in [0.25, 0.3) is 5.56 Å². The Morgan fingerprint density at radius 2 is 1.88 bits per heavy atom. The molecule has 1 aromatic heterocycles. The van der Waals surface area contributed by atoms with Crippen LogP contribution in [-0.4, -0.2) is 35.7 Å². The zero-order chi connectivity index (χ0) is 29.0. The number of nitrogens with one attached hydrogen (secondary N) is 1. The van der Waals surface area contributed by atoms with E-state index in [4.69, 9.17) is 37.4 Å². The summed E-state index contributed by atoms with van der Waals surface area (Å²) < 4.78 is 48.4. The zero-order valence-electron chi connectivity index (χ0n) is 22.2. The van der Waals surface area contributed by atoms with Gasteiger partial charge in [-0.1, -0.05) is 43.1 Å². The largest absolute Gasteiger partial charge is 0.489 e. The van der Waals surface area contributed by atoms with E-state index in [-0.39, 0.29) is 39.9 Å². The Morgan fingerprint density at radius 1 is 1.15 bits per heavy atom. The van der Waals surface area contributed by atoms with Crippen molar-refractivity contribution in [2.75, 3.05) is 6.61 Å². The van der Waals surface area contributed by atoms with E-state index in [1.807, 2.05) is 0 Å². The molecule has 3 aliphatic rings. The van der Waals surface area contributed by atoms with E-state index in [0.717, 1.165) is 12.8 Å². The second kappa shape index (κ2) is 10.2. The Labute approximate surface area is 239 Å². The number of alkyl halides is 2. The standard InChI is InChI=1S/C28H29Cl2F2NO7/c1-26(2)27(3)8-9-28(26,40-23(27)35)24(36)38-19(11-16-17(29)12-33-22(34)21(16)30)15-6-7-18(39-25(31)32)20(10-15)37-13-14-4-5-14/h6-7,10,12,14,19,25H,4-5,8-9,11,13H2,1-3H3,(H,33,34). The van der Waals surface area contributed by atoms with Crippen LogP contribution in [0.1, 0.15) is 63.7 Å². The molecular weight excluding hydrogens is 571 g/mol. The summed E-state index contributed by atoms with van der Waals surface area (Å²) in [5.74, 6) is -1.04. The van der Waals surface area contributed by atoms with Crippen LogP contribution >= 0.6 is 23.2 Å². The molecule has 216 valence electrons. The molecule has 0 radical (unpaired) electrons. The molecule has 2 bridgehead atoms. The van der Waals surface area contributed by atoms with Crippen LogP contribution < -0.4 is 15.0 Å². The van der Waals surface area contributed by atoms with Crippen molar-refractivity contribution in [3.8, 4) is 11.5 Å². The lowest BCUT2D eigenvalue weighted by Crippen LogP contribution is -2.49. The van der Waals surface area contributed by atoms with Crippen molar-refractivity contribution < 1.29 is 37.3 Å². The fourth-order valence-electron chi connectivity index (χ4n) is 5.57. The Balaban J connectivity index is 1.53. The Kier molecular flexibility index (Phi) is 7.32. The minimum atomic E-state index is -3.08. The number of benzene rings is 1. The molecule has 3 atom stereocenters. The lowest BCUT2D eigenvalue weighted by Gasteiger charge is -2.35. The van der Waals surface area contributed by atoms with E-state index in [9.17, 15) is 23.2 Å². The zero-order valence-corrected chi connectivity index (χ0v) is 23.7. The summed E-state index contributed by atoms with van der Waals surface area (Å²) >= 11 is 12.6. The molecule has 8 nitrogen and oxygen atoms in total. The molecule has 3 unspecified atom stereocenters. The molecule has 1 N–H and O–H groups in total. The van der Waals surface area contributed by atoms with Crippen LogP contribution in [0.3, 0.4) is 0 Å². The first kappa shape index (κ1) is 28.7. The number of hydrogen-bond acceptors (Lipinski definition) is 7. The highest BCUT2D eigenvalue weighted by atomic mass is 35.5. The summed E-state index contributed by atoms with van der Waals surface area (Å²) in [4.78, 5) is 41.3. The lowest BCUT2D eigenvalue weighted by molar-refractivity contribution is -0.187. The van der Waals surface area contributed by atoms with Gasteiger partial charge in [-0.2, -0.15) is 8.78 Å². The van der Waals surface area contributed by atoms with Gasteiger partial charge >= 0.3 is 18.6 Å². The predicted octanol–water partition coefficient (Wildman–Crippen LogP) is 6.02. The Hall–Kier alpha value is -2.85. The first-order valence-corrected chi connectivity index (χ1v) is 13.8. The van der Waals surface area contributed by atoms with E-state index in [1.165, 1.54) is 24.4 Å². The lowest BCUT2D eigenvalue weighted by atomic mass is 9.66. The first-order chi connectivity index (χ1) is 18.8. The van der Waals surface area contributed by atoms with Crippen LogP contribution in [0.15, 0.2) is 29.2 Å². The minimum Gasteiger partial charge on any atom is -0.489 e. The number of rotatable bonds is 10. The third-order valence-electron chi connectivity index (χ3n) is 8.86. The van der Waals surface area contributed by atoms with Gasteiger partial charge < -0.3 is 23.9 Å². The smallest absolute Gasteiger partial charge is 0.387 e. The van der Waals surface area contributed by atoms with Crippen LogP contribution in [0, 0.1) is 16.7 Å². The van der Waals surface area contributed by atoms with Crippen molar-refractivity contribution in [1.29, 1.82) is 0 Å². The number of aromatic amines is 1. The molecule has 2 aliphatic carbocycles. The molecule has 2 heterocycles. The van der Waals surface area contributed by atoms with Crippen LogP contribution in [0.2, 0.25) is 10.0 Å². The maximum absolute atomic E-state index is 13.9. The number of carbonyl (C=O) groups excluding carboxylic acids is 2. The van der Waals surface area contributed by atoms with Gasteiger partial charge in [0.05, 0.1) is 17.0 Å². The van der Waals surface area contributed by atoms with Crippen molar-refractivity contribution in [2.24, 2.45) is 16.7 Å². The summed E-state index contributed by atoms with van der Waals surface area (Å²) in [5.41, 5.74) is -3.27. The molecule has 0 amide bonds. The fourth-order valence-corrected chi connectivity index (χ4v) is 6.08. The number of hydrogen-bond donors (Lipinski definition) is 1. The summed E-state index contributed by atoms with van der Waals surface area (Å²) in [7, 11) is 0. The predicted molar refractivity (Wildman–Crippen MR) is 141 cm³/mol. The maximum atomic E-state index is 13.9. The summed E-state index contributed by atoms with van der Waals surface area (Å²) in [6.07, 6.45) is 2.70. The molecule has 3 fully saturated rings. The summed E-state index contributed by atoms with van der Waals surface area (Å²) in [6, 6.07) is 4.21. The molecule has 0 spiro atoms. The third kappa shape index (κ3) is 4.72. The van der Waals surface area contributed by atoms with Crippen LogP contribution in [0.5, 0.6) is 11.5 Å².